The first-order valence-corrected chi connectivity index (χ1v) is 5.93. The van der Waals surface area contributed by atoms with Crippen LogP contribution in [0.2, 0.25) is 0 Å². The number of rotatable bonds is 1. The molecule has 2 aliphatic rings. The number of hydrogen-bond donors (Lipinski definition) is 0. The van der Waals surface area contributed by atoms with E-state index in [0.29, 0.717) is 5.78 Å². The third-order valence-corrected chi connectivity index (χ3v) is 3.93. The van der Waals surface area contributed by atoms with E-state index in [-0.39, 0.29) is 0 Å². The Morgan fingerprint density at radius 3 is 2.29 bits per heavy atom. The fourth-order valence-electron chi connectivity index (χ4n) is 2.85. The molecule has 1 saturated carbocycles. The van der Waals surface area contributed by atoms with Gasteiger partial charge in [0.05, 0.1) is 0 Å². The largest absolute Gasteiger partial charge is 0.300 e. The predicted molar refractivity (Wildman–Crippen MR) is 58.1 cm³/mol. The number of hydrogen-bond acceptors (Lipinski definition) is 1. The maximum Gasteiger partial charge on any atom is 0.132 e. The summed E-state index contributed by atoms with van der Waals surface area (Å²) < 4.78 is 0. The van der Waals surface area contributed by atoms with Gasteiger partial charge in [-0.15, -0.1) is 0 Å². The zero-order valence-electron chi connectivity index (χ0n) is 9.09. The minimum Gasteiger partial charge on any atom is -0.300 e. The Kier molecular flexibility index (Phi) is 3.05. The van der Waals surface area contributed by atoms with Crippen molar-refractivity contribution in [2.75, 3.05) is 0 Å². The van der Waals surface area contributed by atoms with E-state index in [4.69, 9.17) is 0 Å². The highest BCUT2D eigenvalue weighted by Gasteiger charge is 2.26. The van der Waals surface area contributed by atoms with Gasteiger partial charge in [0.25, 0.3) is 0 Å². The van der Waals surface area contributed by atoms with Crippen molar-refractivity contribution in [1.29, 1.82) is 0 Å². The summed E-state index contributed by atoms with van der Waals surface area (Å²) in [7, 11) is 0. The molecule has 0 amide bonds. The van der Waals surface area contributed by atoms with Crippen LogP contribution >= 0.6 is 0 Å². The van der Waals surface area contributed by atoms with E-state index in [2.05, 4.69) is 13.0 Å². The monoisotopic (exact) mass is 192 g/mol. The van der Waals surface area contributed by atoms with Gasteiger partial charge >= 0.3 is 0 Å². The summed E-state index contributed by atoms with van der Waals surface area (Å²) in [5.41, 5.74) is 1.56. The summed E-state index contributed by atoms with van der Waals surface area (Å²) in [5, 5.41) is 0. The molecular weight excluding hydrogens is 172 g/mol. The predicted octanol–water partition coefficient (Wildman–Crippen LogP) is 3.49. The molecule has 1 nitrogen and oxygen atoms in total. The van der Waals surface area contributed by atoms with E-state index >= 15 is 0 Å². The van der Waals surface area contributed by atoms with Gasteiger partial charge in [0.1, 0.15) is 5.78 Å². The molecule has 0 heterocycles. The van der Waals surface area contributed by atoms with Crippen LogP contribution in [0.15, 0.2) is 11.6 Å². The van der Waals surface area contributed by atoms with E-state index in [1.165, 1.54) is 19.3 Å². The molecule has 2 rings (SSSR count). The van der Waals surface area contributed by atoms with Crippen molar-refractivity contribution in [3.05, 3.63) is 11.6 Å². The van der Waals surface area contributed by atoms with Crippen LogP contribution in [-0.4, -0.2) is 5.78 Å². The molecule has 0 saturated heterocycles. The molecule has 1 heteroatoms. The Hall–Kier alpha value is -0.590. The number of carbonyl (C=O) groups excluding carboxylic acids is 1. The average molecular weight is 192 g/mol. The standard InChI is InChI=1S/C13H20O/c1-10-2-4-11(5-3-10)12-6-8-13(14)9-7-12/h2,11-12H,3-9H2,1H3. The van der Waals surface area contributed by atoms with Gasteiger partial charge in [-0.3, -0.25) is 4.79 Å². The molecule has 0 N–H and O–H groups in total. The lowest BCUT2D eigenvalue weighted by atomic mass is 9.74. The second-order valence-electron chi connectivity index (χ2n) is 4.96. The van der Waals surface area contributed by atoms with Gasteiger partial charge in [0.2, 0.25) is 0 Å². The Morgan fingerprint density at radius 2 is 1.71 bits per heavy atom. The molecule has 14 heavy (non-hydrogen) atoms. The first-order valence-electron chi connectivity index (χ1n) is 5.93. The highest BCUT2D eigenvalue weighted by Crippen LogP contribution is 2.36. The first-order chi connectivity index (χ1) is 6.75. The van der Waals surface area contributed by atoms with E-state index in [1.807, 2.05) is 0 Å². The van der Waals surface area contributed by atoms with Gasteiger partial charge in [-0.1, -0.05) is 11.6 Å². The molecule has 0 radical (unpaired) electrons. The zero-order chi connectivity index (χ0) is 9.97. The summed E-state index contributed by atoms with van der Waals surface area (Å²) in [6, 6.07) is 0. The maximum absolute atomic E-state index is 11.1. The van der Waals surface area contributed by atoms with E-state index in [1.54, 1.807) is 5.57 Å². The molecule has 0 spiro atoms. The third-order valence-electron chi connectivity index (χ3n) is 3.93. The molecule has 2 aliphatic carbocycles. The minimum absolute atomic E-state index is 0.490. The SMILES string of the molecule is CC1=CCC(C2CCC(=O)CC2)CC1. The third kappa shape index (κ3) is 2.26. The van der Waals surface area contributed by atoms with E-state index < -0.39 is 0 Å². The molecule has 0 aromatic carbocycles. The van der Waals surface area contributed by atoms with Crippen LogP contribution < -0.4 is 0 Å². The van der Waals surface area contributed by atoms with Crippen molar-refractivity contribution < 1.29 is 4.79 Å². The number of allylic oxidation sites excluding steroid dienone is 2. The summed E-state index contributed by atoms with van der Waals surface area (Å²) in [6.07, 6.45) is 10.4. The Bertz CT molecular complexity index is 242. The molecule has 0 aliphatic heterocycles. The van der Waals surface area contributed by atoms with Crippen molar-refractivity contribution in [3.8, 4) is 0 Å². The van der Waals surface area contributed by atoms with Gasteiger partial charge < -0.3 is 0 Å². The maximum atomic E-state index is 11.1. The second-order valence-corrected chi connectivity index (χ2v) is 4.96. The fourth-order valence-corrected chi connectivity index (χ4v) is 2.85. The topological polar surface area (TPSA) is 17.1 Å². The van der Waals surface area contributed by atoms with Gasteiger partial charge in [-0.25, -0.2) is 0 Å². The Morgan fingerprint density at radius 1 is 1.07 bits per heavy atom. The smallest absolute Gasteiger partial charge is 0.132 e. The second kappa shape index (κ2) is 4.29. The van der Waals surface area contributed by atoms with Crippen LogP contribution in [0.5, 0.6) is 0 Å². The van der Waals surface area contributed by atoms with Crippen LogP contribution in [0.1, 0.15) is 51.9 Å². The molecule has 1 unspecified atom stereocenters. The zero-order valence-corrected chi connectivity index (χ0v) is 9.09. The van der Waals surface area contributed by atoms with Crippen LogP contribution in [0.25, 0.3) is 0 Å². The molecule has 1 fully saturated rings. The van der Waals surface area contributed by atoms with Crippen LogP contribution in [0, 0.1) is 11.8 Å². The van der Waals surface area contributed by atoms with Gasteiger partial charge in [-0.2, -0.15) is 0 Å². The van der Waals surface area contributed by atoms with Crippen LogP contribution in [-0.2, 0) is 4.79 Å². The lowest BCUT2D eigenvalue weighted by Gasteiger charge is -2.31. The average Bonchev–Trinajstić information content (AvgIpc) is 2.21. The highest BCUT2D eigenvalue weighted by atomic mass is 16.1. The quantitative estimate of drug-likeness (QED) is 0.581. The summed E-state index contributed by atoms with van der Waals surface area (Å²) in [5.74, 6) is 2.22. The Labute approximate surface area is 86.6 Å². The van der Waals surface area contributed by atoms with Gasteiger partial charge in [0, 0.05) is 12.8 Å². The first kappa shape index (κ1) is 9.95. The molecule has 0 aromatic heterocycles. The molecule has 0 bridgehead atoms. The molecule has 1 atom stereocenters. The van der Waals surface area contributed by atoms with E-state index in [9.17, 15) is 4.79 Å². The van der Waals surface area contributed by atoms with Crippen LogP contribution in [0.3, 0.4) is 0 Å². The summed E-state index contributed by atoms with van der Waals surface area (Å²) >= 11 is 0. The van der Waals surface area contributed by atoms with Gasteiger partial charge in [0.15, 0.2) is 0 Å². The fraction of sp³-hybridized carbons (Fsp3) is 0.769. The minimum atomic E-state index is 0.490. The molecular formula is C13H20O. The summed E-state index contributed by atoms with van der Waals surface area (Å²) in [4.78, 5) is 11.1. The van der Waals surface area contributed by atoms with Crippen molar-refractivity contribution in [3.63, 3.8) is 0 Å². The van der Waals surface area contributed by atoms with Gasteiger partial charge in [-0.05, 0) is 50.9 Å². The number of carbonyl (C=O) groups is 1. The lowest BCUT2D eigenvalue weighted by Crippen LogP contribution is -2.22. The van der Waals surface area contributed by atoms with Crippen molar-refractivity contribution in [2.45, 2.75) is 51.9 Å². The number of Topliss-reactive ketones (excluding diaryl/α,β-unsaturated/α-hetero) is 1. The molecule has 0 aromatic rings. The van der Waals surface area contributed by atoms with Crippen LogP contribution in [0.4, 0.5) is 0 Å². The normalized spacial score (nSPS) is 30.2. The molecule has 78 valence electrons. The lowest BCUT2D eigenvalue weighted by molar-refractivity contribution is -0.121. The highest BCUT2D eigenvalue weighted by molar-refractivity contribution is 5.79. The number of ketones is 1. The van der Waals surface area contributed by atoms with E-state index in [0.717, 1.165) is 37.5 Å². The van der Waals surface area contributed by atoms with Crippen molar-refractivity contribution >= 4 is 5.78 Å². The Balaban J connectivity index is 1.87. The van der Waals surface area contributed by atoms with Crippen molar-refractivity contribution in [2.24, 2.45) is 11.8 Å². The summed E-state index contributed by atoms with van der Waals surface area (Å²) in [6.45, 7) is 2.24. The van der Waals surface area contributed by atoms with Crippen molar-refractivity contribution in [1.82, 2.24) is 0 Å².